The van der Waals surface area contributed by atoms with Gasteiger partial charge in [-0.15, -0.1) is 0 Å². The molecule has 104 valence electrons. The predicted molar refractivity (Wildman–Crippen MR) is 78.8 cm³/mol. The second kappa shape index (κ2) is 5.54. The highest BCUT2D eigenvalue weighted by Gasteiger charge is 2.32. The number of methoxy groups -OCH3 is 1. The van der Waals surface area contributed by atoms with Crippen molar-refractivity contribution in [2.45, 2.75) is 51.0 Å². The molecule has 2 aliphatic carbocycles. The lowest BCUT2D eigenvalue weighted by molar-refractivity contribution is 0.389. The molecule has 2 atom stereocenters. The lowest BCUT2D eigenvalue weighted by Gasteiger charge is -2.23. The van der Waals surface area contributed by atoms with Crippen LogP contribution in [0.1, 0.15) is 49.1 Å². The Kier molecular flexibility index (Phi) is 3.79. The number of hydrogen-bond donors (Lipinski definition) is 1. The van der Waals surface area contributed by atoms with Gasteiger partial charge in [-0.05, 0) is 62.6 Å². The summed E-state index contributed by atoms with van der Waals surface area (Å²) in [5, 5.41) is 3.71. The highest BCUT2D eigenvalue weighted by Crippen LogP contribution is 2.43. The van der Waals surface area contributed by atoms with Gasteiger partial charge < -0.3 is 10.1 Å². The van der Waals surface area contributed by atoms with Gasteiger partial charge >= 0.3 is 0 Å². The van der Waals surface area contributed by atoms with Crippen LogP contribution in [0.5, 0.6) is 5.75 Å². The van der Waals surface area contributed by atoms with Crippen molar-refractivity contribution in [1.29, 1.82) is 0 Å². The summed E-state index contributed by atoms with van der Waals surface area (Å²) in [4.78, 5) is 0. The molecule has 2 unspecified atom stereocenters. The van der Waals surface area contributed by atoms with Gasteiger partial charge in [0.1, 0.15) is 5.75 Å². The van der Waals surface area contributed by atoms with Crippen LogP contribution in [0.25, 0.3) is 0 Å². The van der Waals surface area contributed by atoms with Gasteiger partial charge in [0.05, 0.1) is 7.11 Å². The molecule has 0 aromatic heterocycles. The summed E-state index contributed by atoms with van der Waals surface area (Å²) in [5.74, 6) is 2.55. The molecule has 1 aromatic rings. The van der Waals surface area contributed by atoms with Crippen LogP contribution in [0.15, 0.2) is 18.2 Å². The monoisotopic (exact) mass is 259 g/mol. The van der Waals surface area contributed by atoms with E-state index in [1.165, 1.54) is 49.8 Å². The lowest BCUT2D eigenvalue weighted by Crippen LogP contribution is -2.26. The van der Waals surface area contributed by atoms with E-state index in [4.69, 9.17) is 4.74 Å². The number of ether oxygens (including phenoxy) is 1. The first-order chi connectivity index (χ1) is 9.28. The first-order valence-electron chi connectivity index (χ1n) is 7.66. The molecular weight excluding hydrogens is 234 g/mol. The second-order valence-corrected chi connectivity index (χ2v) is 6.23. The van der Waals surface area contributed by atoms with Crippen LogP contribution < -0.4 is 10.1 Å². The predicted octanol–water partition coefficient (Wildman–Crippen LogP) is 3.64. The van der Waals surface area contributed by atoms with Gasteiger partial charge in [0.15, 0.2) is 0 Å². The van der Waals surface area contributed by atoms with Crippen molar-refractivity contribution in [3.05, 3.63) is 29.3 Å². The molecule has 0 aliphatic heterocycles. The largest absolute Gasteiger partial charge is 0.496 e. The number of benzene rings is 1. The normalized spacial score (nSPS) is 26.6. The molecule has 0 radical (unpaired) electrons. The molecule has 0 saturated heterocycles. The summed E-state index contributed by atoms with van der Waals surface area (Å²) in [6.45, 7) is 3.36. The van der Waals surface area contributed by atoms with Gasteiger partial charge in [-0.25, -0.2) is 0 Å². The second-order valence-electron chi connectivity index (χ2n) is 6.23. The Morgan fingerprint density at radius 1 is 1.21 bits per heavy atom. The molecule has 1 aromatic carbocycles. The fourth-order valence-electron chi connectivity index (χ4n) is 3.44. The van der Waals surface area contributed by atoms with Crippen molar-refractivity contribution in [2.75, 3.05) is 13.7 Å². The molecule has 1 N–H and O–H groups in total. The maximum absolute atomic E-state index is 5.58. The summed E-state index contributed by atoms with van der Waals surface area (Å²) in [6, 6.07) is 7.43. The van der Waals surface area contributed by atoms with Crippen molar-refractivity contribution in [3.8, 4) is 5.75 Å². The minimum absolute atomic E-state index is 0.682. The zero-order valence-electron chi connectivity index (χ0n) is 12.1. The molecule has 2 nitrogen and oxygen atoms in total. The third-order valence-corrected chi connectivity index (χ3v) is 4.69. The Balaban J connectivity index is 1.76. The van der Waals surface area contributed by atoms with Crippen LogP contribution in [0.3, 0.4) is 0 Å². The maximum Gasteiger partial charge on any atom is 0.122 e. The highest BCUT2D eigenvalue weighted by atomic mass is 16.5. The van der Waals surface area contributed by atoms with E-state index in [2.05, 4.69) is 30.4 Å². The highest BCUT2D eigenvalue weighted by molar-refractivity contribution is 5.40. The van der Waals surface area contributed by atoms with Crippen molar-refractivity contribution >= 4 is 0 Å². The van der Waals surface area contributed by atoms with Gasteiger partial charge in [-0.3, -0.25) is 0 Å². The van der Waals surface area contributed by atoms with E-state index >= 15 is 0 Å². The fraction of sp³-hybridized carbons (Fsp3) is 0.647. The van der Waals surface area contributed by atoms with Crippen LogP contribution in [-0.4, -0.2) is 19.7 Å². The van der Waals surface area contributed by atoms with Gasteiger partial charge in [-0.1, -0.05) is 24.1 Å². The van der Waals surface area contributed by atoms with Crippen LogP contribution in [0.4, 0.5) is 0 Å². The van der Waals surface area contributed by atoms with Crippen LogP contribution >= 0.6 is 0 Å². The number of rotatable bonds is 5. The molecule has 0 amide bonds. The summed E-state index contributed by atoms with van der Waals surface area (Å²) in [7, 11) is 1.79. The number of hydrogen-bond acceptors (Lipinski definition) is 2. The van der Waals surface area contributed by atoms with Gasteiger partial charge in [0.2, 0.25) is 0 Å². The Morgan fingerprint density at radius 3 is 2.79 bits per heavy atom. The van der Waals surface area contributed by atoms with E-state index in [1.807, 2.05) is 0 Å². The smallest absolute Gasteiger partial charge is 0.122 e. The summed E-state index contributed by atoms with van der Waals surface area (Å²) < 4.78 is 5.58. The van der Waals surface area contributed by atoms with Gasteiger partial charge in [0.25, 0.3) is 0 Å². The quantitative estimate of drug-likeness (QED) is 0.871. The maximum atomic E-state index is 5.58. The van der Waals surface area contributed by atoms with Crippen molar-refractivity contribution in [2.24, 2.45) is 5.92 Å². The van der Waals surface area contributed by atoms with E-state index in [-0.39, 0.29) is 0 Å². The third kappa shape index (κ3) is 2.94. The third-order valence-electron chi connectivity index (χ3n) is 4.69. The first-order valence-corrected chi connectivity index (χ1v) is 7.66. The molecule has 0 heterocycles. The van der Waals surface area contributed by atoms with E-state index in [0.717, 1.165) is 17.7 Å². The fourth-order valence-corrected chi connectivity index (χ4v) is 3.44. The Hall–Kier alpha value is -1.02. The van der Waals surface area contributed by atoms with Crippen molar-refractivity contribution < 1.29 is 4.74 Å². The Morgan fingerprint density at radius 2 is 2.05 bits per heavy atom. The molecule has 2 aliphatic rings. The Bertz CT molecular complexity index is 439. The van der Waals surface area contributed by atoms with Gasteiger partial charge in [0, 0.05) is 6.04 Å². The topological polar surface area (TPSA) is 21.3 Å². The zero-order valence-corrected chi connectivity index (χ0v) is 12.1. The molecule has 2 fully saturated rings. The number of nitrogens with one attached hydrogen (secondary N) is 1. The average molecular weight is 259 g/mol. The SMILES string of the molecule is COc1ccc(C)cc1C1CCCC1CNC1CC1. The Labute approximate surface area is 116 Å². The van der Waals surface area contributed by atoms with E-state index < -0.39 is 0 Å². The van der Waals surface area contributed by atoms with Crippen molar-refractivity contribution in [1.82, 2.24) is 5.32 Å². The molecule has 0 bridgehead atoms. The molecular formula is C17H25NO. The number of aryl methyl sites for hydroxylation is 1. The lowest BCUT2D eigenvalue weighted by atomic mass is 9.87. The molecule has 0 spiro atoms. The van der Waals surface area contributed by atoms with Crippen LogP contribution in [-0.2, 0) is 0 Å². The summed E-state index contributed by atoms with van der Waals surface area (Å²) >= 11 is 0. The zero-order chi connectivity index (χ0) is 13.2. The minimum Gasteiger partial charge on any atom is -0.496 e. The van der Waals surface area contributed by atoms with E-state index in [9.17, 15) is 0 Å². The molecule has 2 heteroatoms. The van der Waals surface area contributed by atoms with Gasteiger partial charge in [-0.2, -0.15) is 0 Å². The van der Waals surface area contributed by atoms with Crippen molar-refractivity contribution in [3.63, 3.8) is 0 Å². The van der Waals surface area contributed by atoms with E-state index in [1.54, 1.807) is 7.11 Å². The van der Waals surface area contributed by atoms with Crippen LogP contribution in [0.2, 0.25) is 0 Å². The molecule has 19 heavy (non-hydrogen) atoms. The summed E-state index contributed by atoms with van der Waals surface area (Å²) in [6.07, 6.45) is 6.80. The first kappa shape index (κ1) is 13.0. The standard InChI is InChI=1S/C17H25NO/c1-12-6-9-17(19-2)16(10-12)15-5-3-4-13(15)11-18-14-7-8-14/h6,9-10,13-15,18H,3-5,7-8,11H2,1-2H3. The minimum atomic E-state index is 0.682. The average Bonchev–Trinajstić information content (AvgIpc) is 3.13. The molecule has 3 rings (SSSR count). The van der Waals surface area contributed by atoms with E-state index in [0.29, 0.717) is 5.92 Å². The molecule has 2 saturated carbocycles. The van der Waals surface area contributed by atoms with Crippen LogP contribution in [0, 0.1) is 12.8 Å². The summed E-state index contributed by atoms with van der Waals surface area (Å²) in [5.41, 5.74) is 2.78.